The van der Waals surface area contributed by atoms with Gasteiger partial charge in [0.05, 0.1) is 6.61 Å². The molecule has 12 heavy (non-hydrogen) atoms. The molecule has 0 N–H and O–H groups in total. The number of aldehydes is 1. The third kappa shape index (κ3) is 4.11. The lowest BCUT2D eigenvalue weighted by molar-refractivity contribution is -0.150. The largest absolute Gasteiger partial charge is 0.465 e. The minimum absolute atomic E-state index is 0.381. The number of ether oxygens (including phenoxy) is 1. The molecule has 0 bridgehead atoms. The smallest absolute Gasteiger partial charge is 0.316 e. The summed E-state index contributed by atoms with van der Waals surface area (Å²) < 4.78 is 4.83. The van der Waals surface area contributed by atoms with Crippen molar-refractivity contribution >= 4 is 12.3 Å². The molecular weight excluding hydrogens is 156 g/mol. The van der Waals surface area contributed by atoms with E-state index in [1.165, 1.54) is 0 Å². The summed E-state index contributed by atoms with van der Waals surface area (Å²) in [7, 11) is 0. The predicted octanol–water partition coefficient (Wildman–Crippen LogP) is 1.55. The minimum Gasteiger partial charge on any atom is -0.465 e. The van der Waals surface area contributed by atoms with E-state index < -0.39 is 5.92 Å². The van der Waals surface area contributed by atoms with Gasteiger partial charge in [0.15, 0.2) is 0 Å². The van der Waals surface area contributed by atoms with Gasteiger partial charge in [0.2, 0.25) is 0 Å². The molecule has 3 nitrogen and oxygen atoms in total. The van der Waals surface area contributed by atoms with Crippen molar-refractivity contribution in [3.63, 3.8) is 0 Å². The van der Waals surface area contributed by atoms with Crippen LogP contribution < -0.4 is 0 Å². The fourth-order valence-corrected chi connectivity index (χ4v) is 0.862. The van der Waals surface area contributed by atoms with Gasteiger partial charge in [-0.15, -0.1) is 0 Å². The first-order valence-electron chi connectivity index (χ1n) is 4.38. The van der Waals surface area contributed by atoms with Crippen LogP contribution in [0.2, 0.25) is 0 Å². The molecule has 0 heterocycles. The molecule has 0 rings (SSSR count). The second-order valence-electron chi connectivity index (χ2n) is 2.70. The first-order chi connectivity index (χ1) is 5.76. The molecule has 0 aliphatic carbocycles. The first-order valence-corrected chi connectivity index (χ1v) is 4.38. The van der Waals surface area contributed by atoms with Crippen molar-refractivity contribution < 1.29 is 14.3 Å². The molecular formula is C9H16O3. The lowest BCUT2D eigenvalue weighted by Gasteiger charge is -2.07. The first kappa shape index (κ1) is 11.1. The van der Waals surface area contributed by atoms with E-state index in [9.17, 15) is 9.59 Å². The van der Waals surface area contributed by atoms with Crippen LogP contribution in [0.1, 0.15) is 33.1 Å². The zero-order valence-corrected chi connectivity index (χ0v) is 7.71. The average Bonchev–Trinajstić information content (AvgIpc) is 2.10. The average molecular weight is 172 g/mol. The van der Waals surface area contributed by atoms with Crippen molar-refractivity contribution in [2.24, 2.45) is 5.92 Å². The number of esters is 1. The maximum Gasteiger partial charge on any atom is 0.316 e. The summed E-state index contributed by atoms with van der Waals surface area (Å²) in [6.07, 6.45) is 2.88. The summed E-state index contributed by atoms with van der Waals surface area (Å²) in [5.41, 5.74) is 0. The summed E-state index contributed by atoms with van der Waals surface area (Å²) in [5, 5.41) is 0. The monoisotopic (exact) mass is 172 g/mol. The van der Waals surface area contributed by atoms with E-state index in [1.807, 2.05) is 13.8 Å². The van der Waals surface area contributed by atoms with Gasteiger partial charge in [0.1, 0.15) is 12.2 Å². The van der Waals surface area contributed by atoms with Crippen LogP contribution in [-0.4, -0.2) is 18.9 Å². The Balaban J connectivity index is 3.77. The Kier molecular flexibility index (Phi) is 6.34. The Morgan fingerprint density at radius 3 is 2.50 bits per heavy atom. The van der Waals surface area contributed by atoms with Gasteiger partial charge in [-0.05, 0) is 12.8 Å². The highest BCUT2D eigenvalue weighted by molar-refractivity contribution is 5.87. The van der Waals surface area contributed by atoms with Gasteiger partial charge in [-0.2, -0.15) is 0 Å². The zero-order valence-electron chi connectivity index (χ0n) is 7.71. The lowest BCUT2D eigenvalue weighted by atomic mass is 10.1. The SMILES string of the molecule is CCCOC(=O)C(C=O)CCC. The lowest BCUT2D eigenvalue weighted by Crippen LogP contribution is -2.19. The topological polar surface area (TPSA) is 43.4 Å². The maximum absolute atomic E-state index is 11.1. The van der Waals surface area contributed by atoms with Crippen molar-refractivity contribution in [2.75, 3.05) is 6.61 Å². The highest BCUT2D eigenvalue weighted by Gasteiger charge is 2.17. The fourth-order valence-electron chi connectivity index (χ4n) is 0.862. The zero-order chi connectivity index (χ0) is 9.40. The molecule has 3 heteroatoms. The normalized spacial score (nSPS) is 12.2. The maximum atomic E-state index is 11.1. The molecule has 0 saturated carbocycles. The van der Waals surface area contributed by atoms with Gasteiger partial charge >= 0.3 is 5.97 Å². The number of hydrogen-bond acceptors (Lipinski definition) is 3. The number of hydrogen-bond donors (Lipinski definition) is 0. The molecule has 1 unspecified atom stereocenters. The van der Waals surface area contributed by atoms with E-state index in [0.29, 0.717) is 19.3 Å². The van der Waals surface area contributed by atoms with E-state index in [4.69, 9.17) is 4.74 Å². The van der Waals surface area contributed by atoms with E-state index in [-0.39, 0.29) is 5.97 Å². The van der Waals surface area contributed by atoms with Gasteiger partial charge in [0.25, 0.3) is 0 Å². The van der Waals surface area contributed by atoms with Crippen molar-refractivity contribution in [3.8, 4) is 0 Å². The molecule has 0 aliphatic heterocycles. The van der Waals surface area contributed by atoms with Crippen LogP contribution in [0, 0.1) is 5.92 Å². The Bertz CT molecular complexity index is 143. The standard InChI is InChI=1S/C9H16O3/c1-3-5-8(7-10)9(11)12-6-4-2/h7-8H,3-6H2,1-2H3. The van der Waals surface area contributed by atoms with Crippen LogP contribution in [-0.2, 0) is 14.3 Å². The summed E-state index contributed by atoms with van der Waals surface area (Å²) in [6, 6.07) is 0. The second-order valence-corrected chi connectivity index (χ2v) is 2.70. The molecule has 0 aromatic heterocycles. The van der Waals surface area contributed by atoms with Gasteiger partial charge in [0, 0.05) is 0 Å². The van der Waals surface area contributed by atoms with E-state index in [1.54, 1.807) is 0 Å². The fraction of sp³-hybridized carbons (Fsp3) is 0.778. The third-order valence-corrected chi connectivity index (χ3v) is 1.52. The predicted molar refractivity (Wildman–Crippen MR) is 45.7 cm³/mol. The van der Waals surface area contributed by atoms with Crippen molar-refractivity contribution in [1.82, 2.24) is 0 Å². The molecule has 0 amide bonds. The van der Waals surface area contributed by atoms with E-state index in [2.05, 4.69) is 0 Å². The Labute approximate surface area is 73.1 Å². The Hall–Kier alpha value is -0.860. The number of rotatable bonds is 6. The van der Waals surface area contributed by atoms with Crippen LogP contribution in [0.25, 0.3) is 0 Å². The summed E-state index contributed by atoms with van der Waals surface area (Å²) in [6.45, 7) is 4.26. The van der Waals surface area contributed by atoms with Gasteiger partial charge in [-0.3, -0.25) is 4.79 Å². The van der Waals surface area contributed by atoms with Crippen molar-refractivity contribution in [2.45, 2.75) is 33.1 Å². The van der Waals surface area contributed by atoms with Crippen molar-refractivity contribution in [1.29, 1.82) is 0 Å². The number of carbonyl (C=O) groups excluding carboxylic acids is 2. The van der Waals surface area contributed by atoms with Crippen LogP contribution in [0.4, 0.5) is 0 Å². The van der Waals surface area contributed by atoms with Gasteiger partial charge in [-0.25, -0.2) is 0 Å². The minimum atomic E-state index is -0.554. The van der Waals surface area contributed by atoms with Crippen LogP contribution in [0.3, 0.4) is 0 Å². The van der Waals surface area contributed by atoms with E-state index in [0.717, 1.165) is 12.8 Å². The highest BCUT2D eigenvalue weighted by atomic mass is 16.5. The highest BCUT2D eigenvalue weighted by Crippen LogP contribution is 2.05. The molecule has 0 spiro atoms. The van der Waals surface area contributed by atoms with Crippen molar-refractivity contribution in [3.05, 3.63) is 0 Å². The Morgan fingerprint density at radius 2 is 2.08 bits per heavy atom. The van der Waals surface area contributed by atoms with Crippen LogP contribution in [0.5, 0.6) is 0 Å². The van der Waals surface area contributed by atoms with Crippen LogP contribution >= 0.6 is 0 Å². The summed E-state index contributed by atoms with van der Waals surface area (Å²) >= 11 is 0. The quantitative estimate of drug-likeness (QED) is 0.347. The molecule has 0 fully saturated rings. The summed E-state index contributed by atoms with van der Waals surface area (Å²) in [5.74, 6) is -0.935. The second kappa shape index (κ2) is 6.83. The third-order valence-electron chi connectivity index (χ3n) is 1.52. The van der Waals surface area contributed by atoms with Gasteiger partial charge in [-0.1, -0.05) is 20.3 Å². The number of carbonyl (C=O) groups is 2. The summed E-state index contributed by atoms with van der Waals surface area (Å²) in [4.78, 5) is 21.5. The molecule has 0 saturated heterocycles. The van der Waals surface area contributed by atoms with Crippen LogP contribution in [0.15, 0.2) is 0 Å². The molecule has 70 valence electrons. The molecule has 0 aromatic rings. The van der Waals surface area contributed by atoms with E-state index >= 15 is 0 Å². The Morgan fingerprint density at radius 1 is 1.42 bits per heavy atom. The molecule has 0 aromatic carbocycles. The molecule has 0 aliphatic rings. The molecule has 1 atom stereocenters. The van der Waals surface area contributed by atoms with Gasteiger partial charge < -0.3 is 9.53 Å². The molecule has 0 radical (unpaired) electrons.